The number of carbonyl (C=O) groups is 3. The second-order valence-electron chi connectivity index (χ2n) is 15.4. The molecule has 0 spiro atoms. The summed E-state index contributed by atoms with van der Waals surface area (Å²) in [4.78, 5) is 65.7. The van der Waals surface area contributed by atoms with Gasteiger partial charge in [-0.1, -0.05) is 62.4 Å². The number of amides is 3. The second kappa shape index (κ2) is 15.5. The van der Waals surface area contributed by atoms with Gasteiger partial charge in [-0.25, -0.2) is 14.8 Å². The van der Waals surface area contributed by atoms with Gasteiger partial charge in [-0.3, -0.25) is 19.6 Å². The highest BCUT2D eigenvalue weighted by atomic mass is 16.5. The molecule has 2 saturated carbocycles. The van der Waals surface area contributed by atoms with Crippen LogP contribution in [0, 0.1) is 23.7 Å². The number of carbonyl (C=O) groups excluding carboxylic acids is 3. The van der Waals surface area contributed by atoms with Gasteiger partial charge in [-0.2, -0.15) is 0 Å². The van der Waals surface area contributed by atoms with Gasteiger partial charge < -0.3 is 30.2 Å². The molecule has 0 radical (unpaired) electrons. The Balaban J connectivity index is 0.918. The Morgan fingerprint density at radius 1 is 0.818 bits per heavy atom. The predicted octanol–water partition coefficient (Wildman–Crippen LogP) is 6.41. The van der Waals surface area contributed by atoms with Crippen molar-refractivity contribution >= 4 is 17.9 Å². The first-order chi connectivity index (χ1) is 26.8. The van der Waals surface area contributed by atoms with E-state index >= 15 is 0 Å². The molecule has 55 heavy (non-hydrogen) atoms. The quantitative estimate of drug-likeness (QED) is 0.120. The fourth-order valence-corrected chi connectivity index (χ4v) is 8.96. The predicted molar refractivity (Wildman–Crippen MR) is 206 cm³/mol. The summed E-state index contributed by atoms with van der Waals surface area (Å²) in [5.41, 5.74) is 6.77. The number of fused-ring (bicyclic) bond motifs is 2. The molecule has 3 aliphatic rings. The summed E-state index contributed by atoms with van der Waals surface area (Å²) >= 11 is 0. The number of rotatable bonds is 11. The van der Waals surface area contributed by atoms with Crippen LogP contribution in [0.3, 0.4) is 0 Å². The summed E-state index contributed by atoms with van der Waals surface area (Å²) in [5.74, 6) is 2.28. The van der Waals surface area contributed by atoms with Crippen LogP contribution in [-0.4, -0.2) is 72.4 Å². The number of hydrogen-bond acceptors (Lipinski definition) is 8. The number of ether oxygens (including phenoxy) is 1. The number of methoxy groups -OCH3 is 1. The number of imidazole rings is 2. The molecule has 3 fully saturated rings. The van der Waals surface area contributed by atoms with Crippen molar-refractivity contribution in [2.75, 3.05) is 13.7 Å². The van der Waals surface area contributed by atoms with Crippen LogP contribution >= 0.6 is 0 Å². The maximum Gasteiger partial charge on any atom is 0.407 e. The minimum absolute atomic E-state index is 0.0720. The number of benzene rings is 2. The van der Waals surface area contributed by atoms with Crippen molar-refractivity contribution in [3.63, 3.8) is 0 Å². The van der Waals surface area contributed by atoms with Gasteiger partial charge in [0.1, 0.15) is 17.7 Å². The van der Waals surface area contributed by atoms with Gasteiger partial charge >= 0.3 is 6.09 Å². The number of aromatic nitrogens is 6. The van der Waals surface area contributed by atoms with Crippen LogP contribution in [0.15, 0.2) is 79.5 Å². The summed E-state index contributed by atoms with van der Waals surface area (Å²) < 4.78 is 4.76. The molecule has 8 rings (SSSR count). The average molecular weight is 742 g/mol. The first-order valence-electron chi connectivity index (χ1n) is 19.3. The first kappa shape index (κ1) is 36.1. The third-order valence-electron chi connectivity index (χ3n) is 11.8. The van der Waals surface area contributed by atoms with E-state index in [1.807, 2.05) is 31.1 Å². The van der Waals surface area contributed by atoms with Gasteiger partial charge in [0.25, 0.3) is 0 Å². The van der Waals surface area contributed by atoms with Crippen molar-refractivity contribution in [2.45, 2.75) is 70.5 Å². The van der Waals surface area contributed by atoms with Crippen LogP contribution in [0.4, 0.5) is 4.79 Å². The lowest BCUT2D eigenvalue weighted by Gasteiger charge is -2.30. The molecule has 6 atom stereocenters. The number of alkyl carbamates (subject to hydrolysis) is 1. The van der Waals surface area contributed by atoms with Crippen LogP contribution in [0.25, 0.3) is 33.6 Å². The van der Waals surface area contributed by atoms with E-state index in [0.29, 0.717) is 24.9 Å². The van der Waals surface area contributed by atoms with Gasteiger partial charge in [0, 0.05) is 24.9 Å². The van der Waals surface area contributed by atoms with Crippen LogP contribution in [0.2, 0.25) is 0 Å². The molecular weight excluding hydrogens is 695 g/mol. The molecule has 13 heteroatoms. The van der Waals surface area contributed by atoms with Gasteiger partial charge in [0.15, 0.2) is 0 Å². The zero-order valence-electron chi connectivity index (χ0n) is 31.4. The van der Waals surface area contributed by atoms with Gasteiger partial charge in [0.05, 0.1) is 61.3 Å². The number of H-pyrrole nitrogens is 2. The van der Waals surface area contributed by atoms with Gasteiger partial charge in [-0.15, -0.1) is 0 Å². The van der Waals surface area contributed by atoms with Crippen LogP contribution < -0.4 is 10.6 Å². The lowest BCUT2D eigenvalue weighted by molar-refractivity contribution is -0.135. The summed E-state index contributed by atoms with van der Waals surface area (Å²) in [6.45, 7) is 4.79. The van der Waals surface area contributed by atoms with E-state index in [-0.39, 0.29) is 35.6 Å². The molecule has 2 bridgehead atoms. The molecule has 4 heterocycles. The Morgan fingerprint density at radius 2 is 1.45 bits per heavy atom. The van der Waals surface area contributed by atoms with E-state index in [9.17, 15) is 14.4 Å². The molecular formula is C42H47N9O4. The first-order valence-corrected chi connectivity index (χ1v) is 19.3. The SMILES string of the molecule is COC(=O)N[C@H](C(=O)N1CCC[C@H]1c1ncc(-c2ccc(-c3ccc(-c4cnc([C@H]5C6CCC(C6)[C@@H]5C(=O)NCc5cnccn5)[nH]4)cc3)cc2)[nH]1)C(C)C. The third-order valence-corrected chi connectivity index (χ3v) is 11.8. The van der Waals surface area contributed by atoms with Gasteiger partial charge in [-0.05, 0) is 72.1 Å². The number of aromatic amines is 2. The van der Waals surface area contributed by atoms with Crippen molar-refractivity contribution < 1.29 is 19.1 Å². The Bertz CT molecular complexity index is 2130. The molecule has 13 nitrogen and oxygen atoms in total. The highest BCUT2D eigenvalue weighted by Crippen LogP contribution is 2.56. The topological polar surface area (TPSA) is 171 Å². The standard InChI is InChI=1S/C42H47N9O4/c1-24(2)37(50-42(54)55-3)41(53)51-18-4-5-34(51)38-45-22-32(48-38)27-10-6-25(7-11-27)26-8-12-28(13-9-26)33-23-46-39(49-33)35-29-14-15-30(19-29)36(35)40(52)47-21-31-20-43-16-17-44-31/h6-13,16-17,20,22-24,29-30,34-37H,4-5,14-15,18-19,21H2,1-3H3,(H,45,48)(H,46,49)(H,47,52)(H,50,54)/t29?,30?,34-,35-,36-,37-/m0/s1. The minimum atomic E-state index is -0.678. The van der Waals surface area contributed by atoms with E-state index in [0.717, 1.165) is 83.1 Å². The summed E-state index contributed by atoms with van der Waals surface area (Å²) in [5, 5.41) is 5.82. The van der Waals surface area contributed by atoms with Gasteiger partial charge in [0.2, 0.25) is 11.8 Å². The van der Waals surface area contributed by atoms with Crippen molar-refractivity contribution in [3.8, 4) is 33.6 Å². The van der Waals surface area contributed by atoms with Crippen molar-refractivity contribution in [2.24, 2.45) is 23.7 Å². The Kier molecular flexibility index (Phi) is 10.2. The zero-order valence-corrected chi connectivity index (χ0v) is 31.4. The van der Waals surface area contributed by atoms with Crippen LogP contribution in [-0.2, 0) is 20.9 Å². The summed E-state index contributed by atoms with van der Waals surface area (Å²) in [7, 11) is 1.30. The molecule has 1 aliphatic heterocycles. The normalized spacial score (nSPS) is 22.2. The fraction of sp³-hybridized carbons (Fsp3) is 0.405. The molecule has 5 aromatic rings. The van der Waals surface area contributed by atoms with Crippen molar-refractivity contribution in [1.29, 1.82) is 0 Å². The minimum Gasteiger partial charge on any atom is -0.453 e. The Morgan fingerprint density at radius 3 is 2.09 bits per heavy atom. The lowest BCUT2D eigenvalue weighted by atomic mass is 9.78. The second-order valence-corrected chi connectivity index (χ2v) is 15.4. The molecule has 3 aromatic heterocycles. The fourth-order valence-electron chi connectivity index (χ4n) is 8.96. The van der Waals surface area contributed by atoms with Crippen molar-refractivity contribution in [3.05, 3.63) is 96.9 Å². The van der Waals surface area contributed by atoms with E-state index < -0.39 is 12.1 Å². The van der Waals surface area contributed by atoms with Crippen LogP contribution in [0.5, 0.6) is 0 Å². The largest absolute Gasteiger partial charge is 0.453 e. The van der Waals surface area contributed by atoms with E-state index in [1.54, 1.807) is 18.6 Å². The molecule has 2 aromatic carbocycles. The molecule has 1 saturated heterocycles. The van der Waals surface area contributed by atoms with Crippen molar-refractivity contribution in [1.82, 2.24) is 45.4 Å². The molecule has 4 N–H and O–H groups in total. The average Bonchev–Trinajstić information content (AvgIpc) is 4.07. The molecule has 3 amide bonds. The maximum absolute atomic E-state index is 13.5. The monoisotopic (exact) mass is 741 g/mol. The molecule has 284 valence electrons. The number of hydrogen-bond donors (Lipinski definition) is 4. The van der Waals surface area contributed by atoms with Crippen LogP contribution in [0.1, 0.15) is 75.3 Å². The third kappa shape index (κ3) is 7.35. The highest BCUT2D eigenvalue weighted by molar-refractivity contribution is 5.86. The van der Waals surface area contributed by atoms with E-state index in [2.05, 4.69) is 84.1 Å². The summed E-state index contributed by atoms with van der Waals surface area (Å²) in [6.07, 6.45) is 13.0. The molecule has 2 aliphatic carbocycles. The van der Waals surface area contributed by atoms with E-state index in [4.69, 9.17) is 9.72 Å². The molecule has 2 unspecified atom stereocenters. The lowest BCUT2D eigenvalue weighted by Crippen LogP contribution is -2.51. The summed E-state index contributed by atoms with van der Waals surface area (Å²) in [6, 6.07) is 15.9. The number of likely N-dealkylation sites (tertiary alicyclic amines) is 1. The number of nitrogens with zero attached hydrogens (tertiary/aromatic N) is 5. The highest BCUT2D eigenvalue weighted by Gasteiger charge is 2.52. The maximum atomic E-state index is 13.5. The Hall–Kier alpha value is -5.85. The number of nitrogens with one attached hydrogen (secondary N) is 4. The smallest absolute Gasteiger partial charge is 0.407 e. The Labute approximate surface area is 320 Å². The zero-order chi connectivity index (χ0) is 38.1. The van der Waals surface area contributed by atoms with E-state index in [1.165, 1.54) is 7.11 Å².